The zero-order valence-electron chi connectivity index (χ0n) is 6.65. The van der Waals surface area contributed by atoms with Crippen molar-refractivity contribution in [2.45, 2.75) is 33.6 Å². The van der Waals surface area contributed by atoms with E-state index < -0.39 is 0 Å². The molecular formula is C9H16. The Bertz CT molecular complexity index is 120. The summed E-state index contributed by atoms with van der Waals surface area (Å²) in [5.41, 5.74) is 0.604. The summed E-state index contributed by atoms with van der Waals surface area (Å²) < 4.78 is 0. The summed E-state index contributed by atoms with van der Waals surface area (Å²) >= 11 is 0. The van der Waals surface area contributed by atoms with Crippen molar-refractivity contribution in [3.8, 4) is 0 Å². The Morgan fingerprint density at radius 1 is 1.44 bits per heavy atom. The molecule has 0 heteroatoms. The van der Waals surface area contributed by atoms with Crippen LogP contribution in [0, 0.1) is 11.3 Å². The fraction of sp³-hybridized carbons (Fsp3) is 0.778. The summed E-state index contributed by atoms with van der Waals surface area (Å²) in [6.45, 7) is 6.80. The molecule has 0 saturated heterocycles. The average Bonchev–Trinajstić information content (AvgIpc) is 1.81. The van der Waals surface area contributed by atoms with E-state index in [1.54, 1.807) is 0 Å². The first-order valence-electron chi connectivity index (χ1n) is 3.79. The summed E-state index contributed by atoms with van der Waals surface area (Å²) in [6.07, 6.45) is 7.31. The maximum absolute atomic E-state index is 2.35. The minimum Gasteiger partial charge on any atom is -0.0914 e. The third kappa shape index (κ3) is 1.17. The molecule has 0 N–H and O–H groups in total. The summed E-state index contributed by atoms with van der Waals surface area (Å²) in [5.74, 6) is 0.863. The molecule has 0 aliphatic heterocycles. The smallest absolute Gasteiger partial charge is 0.0182 e. The van der Waals surface area contributed by atoms with E-state index in [-0.39, 0.29) is 0 Å². The molecule has 1 unspecified atom stereocenters. The standard InChI is InChI=1S/C9H16/c1-4-5-8-6-7-9(8,2)3/h4-5,8H,6-7H2,1-3H3. The SMILES string of the molecule is CC=CC1CCC1(C)C. The number of rotatable bonds is 1. The van der Waals surface area contributed by atoms with Gasteiger partial charge in [-0.3, -0.25) is 0 Å². The zero-order valence-corrected chi connectivity index (χ0v) is 6.65. The second-order valence-corrected chi connectivity index (χ2v) is 3.66. The van der Waals surface area contributed by atoms with Gasteiger partial charge in [-0.05, 0) is 31.1 Å². The van der Waals surface area contributed by atoms with Gasteiger partial charge in [-0.2, -0.15) is 0 Å². The molecule has 1 fully saturated rings. The highest BCUT2D eigenvalue weighted by molar-refractivity contribution is 5.00. The fourth-order valence-electron chi connectivity index (χ4n) is 1.48. The van der Waals surface area contributed by atoms with E-state index in [9.17, 15) is 0 Å². The molecule has 0 amide bonds. The molecule has 1 saturated carbocycles. The van der Waals surface area contributed by atoms with Crippen LogP contribution in [0.2, 0.25) is 0 Å². The molecule has 0 heterocycles. The number of allylic oxidation sites excluding steroid dienone is 2. The molecule has 0 aromatic rings. The van der Waals surface area contributed by atoms with Crippen molar-refractivity contribution in [1.82, 2.24) is 0 Å². The normalized spacial score (nSPS) is 32.6. The van der Waals surface area contributed by atoms with Gasteiger partial charge in [0.25, 0.3) is 0 Å². The topological polar surface area (TPSA) is 0 Å². The second kappa shape index (κ2) is 2.17. The van der Waals surface area contributed by atoms with Crippen molar-refractivity contribution < 1.29 is 0 Å². The van der Waals surface area contributed by atoms with E-state index in [2.05, 4.69) is 32.9 Å². The van der Waals surface area contributed by atoms with Gasteiger partial charge >= 0.3 is 0 Å². The molecule has 52 valence electrons. The van der Waals surface area contributed by atoms with Crippen LogP contribution >= 0.6 is 0 Å². The van der Waals surface area contributed by atoms with Gasteiger partial charge in [0.05, 0.1) is 0 Å². The monoisotopic (exact) mass is 124 g/mol. The first kappa shape index (κ1) is 6.85. The molecule has 1 atom stereocenters. The predicted molar refractivity (Wildman–Crippen MR) is 41.3 cm³/mol. The maximum atomic E-state index is 2.35. The third-order valence-corrected chi connectivity index (χ3v) is 2.53. The van der Waals surface area contributed by atoms with Crippen molar-refractivity contribution in [2.75, 3.05) is 0 Å². The summed E-state index contributed by atoms with van der Waals surface area (Å²) in [6, 6.07) is 0. The minimum atomic E-state index is 0.604. The van der Waals surface area contributed by atoms with Crippen molar-refractivity contribution in [3.05, 3.63) is 12.2 Å². The summed E-state index contributed by atoms with van der Waals surface area (Å²) in [7, 11) is 0. The number of hydrogen-bond acceptors (Lipinski definition) is 0. The van der Waals surface area contributed by atoms with Gasteiger partial charge in [0, 0.05) is 0 Å². The highest BCUT2D eigenvalue weighted by Crippen LogP contribution is 2.46. The van der Waals surface area contributed by atoms with Crippen molar-refractivity contribution in [3.63, 3.8) is 0 Å². The summed E-state index contributed by atoms with van der Waals surface area (Å²) in [5, 5.41) is 0. The Kier molecular flexibility index (Phi) is 1.65. The van der Waals surface area contributed by atoms with Gasteiger partial charge in [-0.1, -0.05) is 26.0 Å². The Morgan fingerprint density at radius 3 is 2.22 bits per heavy atom. The molecule has 0 nitrogen and oxygen atoms in total. The largest absolute Gasteiger partial charge is 0.0914 e. The lowest BCUT2D eigenvalue weighted by Crippen LogP contribution is -2.32. The Hall–Kier alpha value is -0.260. The van der Waals surface area contributed by atoms with Crippen LogP contribution in [-0.4, -0.2) is 0 Å². The first-order valence-corrected chi connectivity index (χ1v) is 3.79. The van der Waals surface area contributed by atoms with Crippen LogP contribution in [-0.2, 0) is 0 Å². The van der Waals surface area contributed by atoms with Crippen LogP contribution in [0.15, 0.2) is 12.2 Å². The van der Waals surface area contributed by atoms with Gasteiger partial charge in [0.2, 0.25) is 0 Å². The van der Waals surface area contributed by atoms with Crippen LogP contribution in [0.3, 0.4) is 0 Å². The molecule has 1 aliphatic carbocycles. The van der Waals surface area contributed by atoms with Gasteiger partial charge in [0.1, 0.15) is 0 Å². The fourth-order valence-corrected chi connectivity index (χ4v) is 1.48. The van der Waals surface area contributed by atoms with E-state index in [1.165, 1.54) is 12.8 Å². The lowest BCUT2D eigenvalue weighted by atomic mass is 9.62. The van der Waals surface area contributed by atoms with Crippen molar-refractivity contribution >= 4 is 0 Å². The van der Waals surface area contributed by atoms with Crippen LogP contribution in [0.5, 0.6) is 0 Å². The quantitative estimate of drug-likeness (QED) is 0.471. The minimum absolute atomic E-state index is 0.604. The maximum Gasteiger partial charge on any atom is -0.0182 e. The Balaban J connectivity index is 2.45. The molecule has 1 rings (SSSR count). The second-order valence-electron chi connectivity index (χ2n) is 3.66. The van der Waals surface area contributed by atoms with Crippen molar-refractivity contribution in [1.29, 1.82) is 0 Å². The van der Waals surface area contributed by atoms with E-state index in [0.717, 1.165) is 5.92 Å². The van der Waals surface area contributed by atoms with E-state index in [0.29, 0.717) is 5.41 Å². The molecule has 0 aromatic heterocycles. The third-order valence-electron chi connectivity index (χ3n) is 2.53. The van der Waals surface area contributed by atoms with Gasteiger partial charge in [-0.15, -0.1) is 0 Å². The molecule has 1 aliphatic rings. The van der Waals surface area contributed by atoms with Crippen molar-refractivity contribution in [2.24, 2.45) is 11.3 Å². The predicted octanol–water partition coefficient (Wildman–Crippen LogP) is 3.00. The lowest BCUT2D eigenvalue weighted by Gasteiger charge is -2.42. The lowest BCUT2D eigenvalue weighted by molar-refractivity contribution is 0.114. The average molecular weight is 124 g/mol. The molecule has 9 heavy (non-hydrogen) atoms. The van der Waals surface area contributed by atoms with Crippen LogP contribution in [0.4, 0.5) is 0 Å². The number of hydrogen-bond donors (Lipinski definition) is 0. The van der Waals surface area contributed by atoms with Gasteiger partial charge in [0.15, 0.2) is 0 Å². The molecular weight excluding hydrogens is 108 g/mol. The molecule has 0 radical (unpaired) electrons. The Labute approximate surface area is 58.0 Å². The zero-order chi connectivity index (χ0) is 6.91. The van der Waals surface area contributed by atoms with E-state index in [4.69, 9.17) is 0 Å². The highest BCUT2D eigenvalue weighted by Gasteiger charge is 2.35. The molecule has 0 bridgehead atoms. The summed E-state index contributed by atoms with van der Waals surface area (Å²) in [4.78, 5) is 0. The van der Waals surface area contributed by atoms with E-state index in [1.807, 2.05) is 0 Å². The van der Waals surface area contributed by atoms with Crippen LogP contribution in [0.25, 0.3) is 0 Å². The van der Waals surface area contributed by atoms with Crippen LogP contribution < -0.4 is 0 Å². The first-order chi connectivity index (χ1) is 4.17. The molecule has 0 spiro atoms. The van der Waals surface area contributed by atoms with Crippen LogP contribution in [0.1, 0.15) is 33.6 Å². The Morgan fingerprint density at radius 2 is 2.11 bits per heavy atom. The van der Waals surface area contributed by atoms with Gasteiger partial charge < -0.3 is 0 Å². The van der Waals surface area contributed by atoms with Gasteiger partial charge in [-0.25, -0.2) is 0 Å². The van der Waals surface area contributed by atoms with E-state index >= 15 is 0 Å². The molecule has 0 aromatic carbocycles. The highest BCUT2D eigenvalue weighted by atomic mass is 14.4.